The topological polar surface area (TPSA) is 90.5 Å². The molecule has 0 aliphatic carbocycles. The second kappa shape index (κ2) is 13.3. The molecule has 3 rings (SSSR count). The number of aryl methyl sites for hydroxylation is 3. The summed E-state index contributed by atoms with van der Waals surface area (Å²) in [5, 5.41) is 19.8. The largest absolute Gasteiger partial charge is 0.390 e. The Labute approximate surface area is 222 Å². The summed E-state index contributed by atoms with van der Waals surface area (Å²) < 4.78 is 27.7. The zero-order chi connectivity index (χ0) is 27.8. The number of amides is 2. The van der Waals surface area contributed by atoms with E-state index in [2.05, 4.69) is 35.0 Å². The van der Waals surface area contributed by atoms with Crippen LogP contribution in [-0.2, 0) is 24.2 Å². The molecule has 0 unspecified atom stereocenters. The number of nitrogens with one attached hydrogen (secondary N) is 3. The van der Waals surface area contributed by atoms with E-state index in [-0.39, 0.29) is 18.9 Å². The smallest absolute Gasteiger partial charge is 0.252 e. The Bertz CT molecular complexity index is 1250. The molecule has 0 fully saturated rings. The highest BCUT2D eigenvalue weighted by atomic mass is 19.1. The Kier molecular flexibility index (Phi) is 10.1. The fourth-order valence-corrected chi connectivity index (χ4v) is 4.57. The minimum Gasteiger partial charge on any atom is -0.390 e. The highest BCUT2D eigenvalue weighted by Crippen LogP contribution is 2.21. The van der Waals surface area contributed by atoms with E-state index in [9.17, 15) is 23.5 Å². The highest BCUT2D eigenvalue weighted by molar-refractivity contribution is 5.98. The van der Waals surface area contributed by atoms with Crippen LogP contribution in [0.2, 0.25) is 0 Å². The summed E-state index contributed by atoms with van der Waals surface area (Å²) in [4.78, 5) is 24.8. The average Bonchev–Trinajstić information content (AvgIpc) is 2.82. The van der Waals surface area contributed by atoms with Gasteiger partial charge in [-0.1, -0.05) is 31.2 Å². The summed E-state index contributed by atoms with van der Waals surface area (Å²) in [6.45, 7) is 7.66. The minimum atomic E-state index is -1.04. The van der Waals surface area contributed by atoms with Crippen LogP contribution in [0, 0.1) is 25.5 Å². The quantitative estimate of drug-likeness (QED) is 0.296. The molecule has 0 heterocycles. The second-order valence-electron chi connectivity index (χ2n) is 9.60. The van der Waals surface area contributed by atoms with E-state index >= 15 is 0 Å². The molecule has 0 saturated carbocycles. The van der Waals surface area contributed by atoms with Gasteiger partial charge < -0.3 is 21.1 Å². The SMILES string of the molecule is CCc1cccc(CNC[C@H](O)[C@H](Cc2cc(F)cc(F)c2)NC(=O)c2c(C)cc(NC(C)=O)cc2C)c1. The van der Waals surface area contributed by atoms with Gasteiger partial charge in [0.15, 0.2) is 0 Å². The van der Waals surface area contributed by atoms with Gasteiger partial charge in [0.25, 0.3) is 5.91 Å². The molecule has 0 spiro atoms. The predicted octanol–water partition coefficient (Wildman–Crippen LogP) is 4.59. The van der Waals surface area contributed by atoms with E-state index < -0.39 is 29.7 Å². The third-order valence-electron chi connectivity index (χ3n) is 6.32. The molecule has 3 aromatic rings. The van der Waals surface area contributed by atoms with Gasteiger partial charge in [0.05, 0.1) is 12.1 Å². The molecule has 0 aromatic heterocycles. The van der Waals surface area contributed by atoms with Crippen LogP contribution < -0.4 is 16.0 Å². The van der Waals surface area contributed by atoms with E-state index in [1.807, 2.05) is 12.1 Å². The van der Waals surface area contributed by atoms with Gasteiger partial charge in [0.1, 0.15) is 11.6 Å². The van der Waals surface area contributed by atoms with Crippen molar-refractivity contribution in [3.63, 3.8) is 0 Å². The van der Waals surface area contributed by atoms with Crippen LogP contribution in [0.3, 0.4) is 0 Å². The van der Waals surface area contributed by atoms with Crippen LogP contribution in [0.15, 0.2) is 54.6 Å². The molecule has 0 saturated heterocycles. The molecule has 38 heavy (non-hydrogen) atoms. The van der Waals surface area contributed by atoms with Gasteiger partial charge in [-0.15, -0.1) is 0 Å². The van der Waals surface area contributed by atoms with Crippen molar-refractivity contribution in [1.82, 2.24) is 10.6 Å². The maximum Gasteiger partial charge on any atom is 0.252 e. The Morgan fingerprint density at radius 1 is 0.921 bits per heavy atom. The van der Waals surface area contributed by atoms with Crippen molar-refractivity contribution in [3.05, 3.63) is 99.6 Å². The highest BCUT2D eigenvalue weighted by Gasteiger charge is 2.24. The number of aliphatic hydroxyl groups excluding tert-OH is 1. The number of halogens is 2. The first-order chi connectivity index (χ1) is 18.0. The normalized spacial score (nSPS) is 12.6. The molecule has 0 aliphatic heterocycles. The first kappa shape index (κ1) is 28.9. The van der Waals surface area contributed by atoms with Crippen molar-refractivity contribution in [2.45, 2.75) is 59.2 Å². The number of hydrogen-bond acceptors (Lipinski definition) is 4. The first-order valence-corrected chi connectivity index (χ1v) is 12.7. The van der Waals surface area contributed by atoms with Crippen LogP contribution in [0.1, 0.15) is 52.0 Å². The standard InChI is InChI=1S/C30H35F2N3O3/c1-5-21-7-6-8-22(11-21)16-33-17-28(37)27(14-23-12-24(31)15-25(32)13-23)35-30(38)29-18(2)9-26(10-19(29)3)34-20(4)36/h6-13,15,27-28,33,37H,5,14,16-17H2,1-4H3,(H,34,36)(H,35,38)/t27-,28-/m0/s1. The predicted molar refractivity (Wildman–Crippen MR) is 145 cm³/mol. The Morgan fingerprint density at radius 2 is 1.55 bits per heavy atom. The van der Waals surface area contributed by atoms with E-state index in [1.165, 1.54) is 24.6 Å². The molecule has 8 heteroatoms. The lowest BCUT2D eigenvalue weighted by atomic mass is 9.97. The third-order valence-corrected chi connectivity index (χ3v) is 6.32. The monoisotopic (exact) mass is 523 g/mol. The number of anilines is 1. The van der Waals surface area contributed by atoms with E-state index in [0.29, 0.717) is 34.5 Å². The maximum absolute atomic E-state index is 13.9. The summed E-state index contributed by atoms with van der Waals surface area (Å²) in [5.74, 6) is -2.10. The Hall–Kier alpha value is -3.62. The summed E-state index contributed by atoms with van der Waals surface area (Å²) >= 11 is 0. The van der Waals surface area contributed by atoms with E-state index in [0.717, 1.165) is 18.1 Å². The molecular formula is C30H35F2N3O3. The van der Waals surface area contributed by atoms with E-state index in [4.69, 9.17) is 0 Å². The zero-order valence-corrected chi connectivity index (χ0v) is 22.2. The van der Waals surface area contributed by atoms with Crippen molar-refractivity contribution in [3.8, 4) is 0 Å². The number of rotatable bonds is 11. The number of aliphatic hydroxyl groups is 1. The first-order valence-electron chi connectivity index (χ1n) is 12.7. The number of benzene rings is 3. The van der Waals surface area contributed by atoms with Crippen molar-refractivity contribution in [2.24, 2.45) is 0 Å². The lowest BCUT2D eigenvalue weighted by Crippen LogP contribution is -2.49. The molecule has 202 valence electrons. The molecule has 0 radical (unpaired) electrons. The van der Waals surface area contributed by atoms with Gasteiger partial charge in [0.2, 0.25) is 5.91 Å². The summed E-state index contributed by atoms with van der Waals surface area (Å²) in [5.41, 5.74) is 4.86. The zero-order valence-electron chi connectivity index (χ0n) is 22.2. The van der Waals surface area contributed by atoms with Crippen molar-refractivity contribution >= 4 is 17.5 Å². The molecular weight excluding hydrogens is 488 g/mol. The van der Waals surface area contributed by atoms with Crippen molar-refractivity contribution in [1.29, 1.82) is 0 Å². The summed E-state index contributed by atoms with van der Waals surface area (Å²) in [7, 11) is 0. The number of carbonyl (C=O) groups is 2. The maximum atomic E-state index is 13.9. The fourth-order valence-electron chi connectivity index (χ4n) is 4.57. The molecule has 6 nitrogen and oxygen atoms in total. The molecule has 0 aliphatic rings. The molecule has 3 aromatic carbocycles. The Morgan fingerprint density at radius 3 is 2.16 bits per heavy atom. The fraction of sp³-hybridized carbons (Fsp3) is 0.333. The molecule has 2 amide bonds. The summed E-state index contributed by atoms with van der Waals surface area (Å²) in [6, 6.07) is 13.8. The van der Waals surface area contributed by atoms with Crippen LogP contribution >= 0.6 is 0 Å². The van der Waals surface area contributed by atoms with Gasteiger partial charge in [-0.05, 0) is 78.8 Å². The molecule has 0 bridgehead atoms. The summed E-state index contributed by atoms with van der Waals surface area (Å²) in [6.07, 6.45) is -0.102. The third kappa shape index (κ3) is 8.19. The van der Waals surface area contributed by atoms with Crippen molar-refractivity contribution < 1.29 is 23.5 Å². The second-order valence-corrected chi connectivity index (χ2v) is 9.60. The number of hydrogen-bond donors (Lipinski definition) is 4. The van der Waals surface area contributed by atoms with Crippen LogP contribution in [0.25, 0.3) is 0 Å². The van der Waals surface area contributed by atoms with Crippen LogP contribution in [0.5, 0.6) is 0 Å². The van der Waals surface area contributed by atoms with Gasteiger partial charge >= 0.3 is 0 Å². The molecule has 4 N–H and O–H groups in total. The Balaban J connectivity index is 1.78. The minimum absolute atomic E-state index is 0.0245. The van der Waals surface area contributed by atoms with Gasteiger partial charge in [-0.3, -0.25) is 9.59 Å². The average molecular weight is 524 g/mol. The van der Waals surface area contributed by atoms with Crippen LogP contribution in [0.4, 0.5) is 14.5 Å². The van der Waals surface area contributed by atoms with E-state index in [1.54, 1.807) is 26.0 Å². The van der Waals surface area contributed by atoms with Gasteiger partial charge in [-0.2, -0.15) is 0 Å². The van der Waals surface area contributed by atoms with Gasteiger partial charge in [0, 0.05) is 37.3 Å². The van der Waals surface area contributed by atoms with Crippen molar-refractivity contribution in [2.75, 3.05) is 11.9 Å². The molecule has 2 atom stereocenters. The van der Waals surface area contributed by atoms with Gasteiger partial charge in [-0.25, -0.2) is 8.78 Å². The van der Waals surface area contributed by atoms with Crippen LogP contribution in [-0.4, -0.2) is 35.6 Å². The lowest BCUT2D eigenvalue weighted by molar-refractivity contribution is -0.114. The number of carbonyl (C=O) groups excluding carboxylic acids is 2. The lowest BCUT2D eigenvalue weighted by Gasteiger charge is -2.26.